The fraction of sp³-hybridized carbons (Fsp3) is 0.750. The maximum atomic E-state index is 11.9. The van der Waals surface area contributed by atoms with Gasteiger partial charge in [-0.3, -0.25) is 4.74 Å². The number of rotatable bonds is 3. The second-order valence-corrected chi connectivity index (χ2v) is 2.19. The summed E-state index contributed by atoms with van der Waals surface area (Å²) in [5.41, 5.74) is -3.36. The molecule has 78 valence electrons. The van der Waals surface area contributed by atoms with Crippen LogP contribution in [0.1, 0.15) is 0 Å². The van der Waals surface area contributed by atoms with Gasteiger partial charge in [0, 0.05) is 0 Å². The highest BCUT2D eigenvalue weighted by atomic mass is 35.5. The maximum absolute atomic E-state index is 11.9. The van der Waals surface area contributed by atoms with Crippen molar-refractivity contribution in [1.29, 1.82) is 0 Å². The molecule has 0 aliphatic heterocycles. The van der Waals surface area contributed by atoms with Crippen molar-refractivity contribution in [2.24, 2.45) is 0 Å². The molecule has 0 heterocycles. The van der Waals surface area contributed by atoms with Crippen LogP contribution in [0, 0.1) is 0 Å². The molecular weight excluding hydrogens is 226 g/mol. The number of halogens is 6. The van der Waals surface area contributed by atoms with Crippen LogP contribution >= 0.6 is 11.6 Å². The lowest BCUT2D eigenvalue weighted by Crippen LogP contribution is -2.39. The third-order valence-electron chi connectivity index (χ3n) is 0.758. The highest BCUT2D eigenvalue weighted by molar-refractivity contribution is 6.20. The van der Waals surface area contributed by atoms with Gasteiger partial charge < -0.3 is 5.11 Å². The van der Waals surface area contributed by atoms with Crippen molar-refractivity contribution in [1.82, 2.24) is 0 Å². The van der Waals surface area contributed by atoms with Gasteiger partial charge in [0.05, 0.1) is 0 Å². The lowest BCUT2D eigenvalue weighted by molar-refractivity contribution is -0.296. The Morgan fingerprint density at radius 3 is 1.92 bits per heavy atom. The Morgan fingerprint density at radius 2 is 1.69 bits per heavy atom. The van der Waals surface area contributed by atoms with Gasteiger partial charge in [-0.25, -0.2) is 4.79 Å². The number of hydrogen-bond acceptors (Lipinski definition) is 2. The van der Waals surface area contributed by atoms with Crippen molar-refractivity contribution in [3.63, 3.8) is 0 Å². The molecule has 1 atom stereocenters. The van der Waals surface area contributed by atoms with Gasteiger partial charge >= 0.3 is 18.3 Å². The second-order valence-electron chi connectivity index (χ2n) is 1.80. The molecule has 0 saturated heterocycles. The maximum Gasteiger partial charge on any atom is 0.457 e. The summed E-state index contributed by atoms with van der Waals surface area (Å²) < 4.78 is 61.0. The predicted octanol–water partition coefficient (Wildman–Crippen LogP) is 1.81. The van der Waals surface area contributed by atoms with E-state index in [1.54, 1.807) is 0 Å². The molecule has 0 bridgehead atoms. The largest absolute Gasteiger partial charge is 0.475 e. The van der Waals surface area contributed by atoms with Crippen molar-refractivity contribution in [2.45, 2.75) is 17.8 Å². The topological polar surface area (TPSA) is 46.5 Å². The molecule has 0 aromatic carbocycles. The molecule has 0 aromatic heterocycles. The number of carboxylic acid groups (broad SMARTS) is 1. The van der Waals surface area contributed by atoms with E-state index in [0.717, 1.165) is 0 Å². The molecular formula is C4H2ClF5O3. The van der Waals surface area contributed by atoms with E-state index in [9.17, 15) is 26.7 Å². The van der Waals surface area contributed by atoms with E-state index in [0.29, 0.717) is 0 Å². The minimum atomic E-state index is -5.25. The molecule has 0 aliphatic carbocycles. The molecule has 9 heteroatoms. The summed E-state index contributed by atoms with van der Waals surface area (Å²) in [6, 6.07) is 0. The summed E-state index contributed by atoms with van der Waals surface area (Å²) in [5, 5.41) is 7.65. The van der Waals surface area contributed by atoms with Crippen LogP contribution in [0.3, 0.4) is 0 Å². The molecule has 0 spiro atoms. The lowest BCUT2D eigenvalue weighted by atomic mass is 10.6. The highest BCUT2D eigenvalue weighted by Gasteiger charge is 2.50. The monoisotopic (exact) mass is 228 g/mol. The van der Waals surface area contributed by atoms with Gasteiger partial charge in [0.1, 0.15) is 0 Å². The first-order valence-electron chi connectivity index (χ1n) is 2.57. The Morgan fingerprint density at radius 1 is 1.31 bits per heavy atom. The quantitative estimate of drug-likeness (QED) is 0.592. The third-order valence-corrected chi connectivity index (χ3v) is 1.09. The summed E-state index contributed by atoms with van der Waals surface area (Å²) >= 11 is 4.29. The standard InChI is InChI=1S/C4H2ClF5O3/c5-1(3(6,7)8)13-4(9,10)2(11)12/h1H,(H,11,12)/t1-/m1/s1. The average Bonchev–Trinajstić information content (AvgIpc) is 1.83. The van der Waals surface area contributed by atoms with Crippen molar-refractivity contribution >= 4 is 17.6 Å². The van der Waals surface area contributed by atoms with E-state index >= 15 is 0 Å². The molecule has 0 radical (unpaired) electrons. The summed E-state index contributed by atoms with van der Waals surface area (Å²) in [7, 11) is 0. The zero-order valence-corrected chi connectivity index (χ0v) is 6.36. The minimum Gasteiger partial charge on any atom is -0.475 e. The van der Waals surface area contributed by atoms with Crippen LogP contribution in [0.15, 0.2) is 0 Å². The van der Waals surface area contributed by atoms with E-state index in [4.69, 9.17) is 5.11 Å². The highest BCUT2D eigenvalue weighted by Crippen LogP contribution is 2.30. The minimum absolute atomic E-state index is 2.77. The number of aliphatic carboxylic acids is 1. The Hall–Kier alpha value is -0.630. The molecule has 0 unspecified atom stereocenters. The number of hydrogen-bond donors (Lipinski definition) is 1. The zero-order chi connectivity index (χ0) is 10.9. The normalized spacial score (nSPS) is 15.5. The molecule has 3 nitrogen and oxygen atoms in total. The molecule has 0 amide bonds. The first-order chi connectivity index (χ1) is 5.57. The van der Waals surface area contributed by atoms with Crippen LogP contribution in [-0.4, -0.2) is 28.9 Å². The van der Waals surface area contributed by atoms with Gasteiger partial charge in [0.15, 0.2) is 0 Å². The van der Waals surface area contributed by atoms with Crippen LogP contribution in [0.2, 0.25) is 0 Å². The van der Waals surface area contributed by atoms with Crippen molar-refractivity contribution in [2.75, 3.05) is 0 Å². The number of carbonyl (C=O) groups is 1. The number of carboxylic acids is 1. The molecule has 0 saturated carbocycles. The van der Waals surface area contributed by atoms with E-state index in [1.165, 1.54) is 0 Å². The Bertz CT molecular complexity index is 202. The average molecular weight is 228 g/mol. The molecule has 0 aliphatic rings. The van der Waals surface area contributed by atoms with Gasteiger partial charge in [-0.1, -0.05) is 11.6 Å². The van der Waals surface area contributed by atoms with Crippen LogP contribution in [0.5, 0.6) is 0 Å². The first kappa shape index (κ1) is 12.4. The zero-order valence-electron chi connectivity index (χ0n) is 5.61. The molecule has 0 rings (SSSR count). The lowest BCUT2D eigenvalue weighted by Gasteiger charge is -2.18. The summed E-state index contributed by atoms with van der Waals surface area (Å²) in [6.45, 7) is 0. The van der Waals surface area contributed by atoms with Crippen molar-refractivity contribution in [3.8, 4) is 0 Å². The van der Waals surface area contributed by atoms with Gasteiger partial charge in [-0.05, 0) is 0 Å². The summed E-state index contributed by atoms with van der Waals surface area (Å²) in [5.74, 6) is -2.84. The molecule has 1 N–H and O–H groups in total. The van der Waals surface area contributed by atoms with Crippen LogP contribution < -0.4 is 0 Å². The van der Waals surface area contributed by atoms with Gasteiger partial charge in [-0.15, -0.1) is 0 Å². The van der Waals surface area contributed by atoms with Crippen LogP contribution in [0.25, 0.3) is 0 Å². The number of alkyl halides is 6. The van der Waals surface area contributed by atoms with Crippen molar-refractivity contribution in [3.05, 3.63) is 0 Å². The summed E-state index contributed by atoms with van der Waals surface area (Å²) in [6.07, 6.45) is -10.2. The second kappa shape index (κ2) is 3.62. The third kappa shape index (κ3) is 3.73. The Kier molecular flexibility index (Phi) is 3.45. The first-order valence-corrected chi connectivity index (χ1v) is 3.01. The molecule has 0 fully saturated rings. The summed E-state index contributed by atoms with van der Waals surface area (Å²) in [4.78, 5) is 9.58. The van der Waals surface area contributed by atoms with Crippen LogP contribution in [-0.2, 0) is 9.53 Å². The van der Waals surface area contributed by atoms with E-state index < -0.39 is 23.8 Å². The molecule has 13 heavy (non-hydrogen) atoms. The van der Waals surface area contributed by atoms with Gasteiger partial charge in [0.2, 0.25) is 5.56 Å². The smallest absolute Gasteiger partial charge is 0.457 e. The van der Waals surface area contributed by atoms with Crippen LogP contribution in [0.4, 0.5) is 22.0 Å². The predicted molar refractivity (Wildman–Crippen MR) is 29.4 cm³/mol. The fourth-order valence-corrected chi connectivity index (χ4v) is 0.359. The van der Waals surface area contributed by atoms with Gasteiger partial charge in [0.25, 0.3) is 0 Å². The fourth-order valence-electron chi connectivity index (χ4n) is 0.247. The van der Waals surface area contributed by atoms with E-state index in [2.05, 4.69) is 16.3 Å². The molecule has 0 aromatic rings. The van der Waals surface area contributed by atoms with E-state index in [1.807, 2.05) is 0 Å². The number of ether oxygens (including phenoxy) is 1. The van der Waals surface area contributed by atoms with E-state index in [-0.39, 0.29) is 0 Å². The Labute approximate surface area is 73.0 Å². The van der Waals surface area contributed by atoms with Gasteiger partial charge in [-0.2, -0.15) is 22.0 Å². The Balaban J connectivity index is 4.37. The SMILES string of the molecule is O=C(O)C(F)(F)O[C@@H](Cl)C(F)(F)F. The van der Waals surface area contributed by atoms with Crippen molar-refractivity contribution < 1.29 is 36.6 Å².